The first-order valence-corrected chi connectivity index (χ1v) is 7.43. The zero-order chi connectivity index (χ0) is 17.0. The molecule has 0 spiro atoms. The summed E-state index contributed by atoms with van der Waals surface area (Å²) in [4.78, 5) is 24.4. The molecule has 1 N–H and O–H groups in total. The van der Waals surface area contributed by atoms with E-state index in [1.165, 1.54) is 0 Å². The van der Waals surface area contributed by atoms with Crippen LogP contribution in [0.2, 0.25) is 0 Å². The summed E-state index contributed by atoms with van der Waals surface area (Å²) < 4.78 is 10.2. The monoisotopic (exact) mass is 316 g/mol. The van der Waals surface area contributed by atoms with Gasteiger partial charge >= 0.3 is 5.97 Å². The third kappa shape index (κ3) is 4.18. The Kier molecular flexibility index (Phi) is 5.16. The largest absolute Gasteiger partial charge is 0.449 e. The van der Waals surface area contributed by atoms with Crippen LogP contribution in [-0.2, 0) is 9.53 Å². The molecule has 0 radical (unpaired) electrons. The van der Waals surface area contributed by atoms with Crippen LogP contribution in [0.1, 0.15) is 40.6 Å². The molecule has 1 atom stereocenters. The van der Waals surface area contributed by atoms with Gasteiger partial charge in [0.15, 0.2) is 11.9 Å². The molecule has 1 aromatic heterocycles. The van der Waals surface area contributed by atoms with Gasteiger partial charge in [0.05, 0.1) is 5.56 Å². The molecule has 0 aliphatic carbocycles. The van der Waals surface area contributed by atoms with Crippen molar-refractivity contribution in [2.75, 3.05) is 5.32 Å². The van der Waals surface area contributed by atoms with Gasteiger partial charge in [-0.1, -0.05) is 18.1 Å². The van der Waals surface area contributed by atoms with Gasteiger partial charge in [-0.05, 0) is 50.5 Å². The van der Waals surface area contributed by atoms with E-state index in [9.17, 15) is 9.59 Å². The summed E-state index contributed by atoms with van der Waals surface area (Å²) in [5, 5.41) is 6.25. The number of nitrogens with zero attached hydrogens (tertiary/aromatic N) is 1. The molecule has 6 heteroatoms. The number of anilines is 1. The van der Waals surface area contributed by atoms with Gasteiger partial charge in [-0.2, -0.15) is 0 Å². The van der Waals surface area contributed by atoms with Crippen LogP contribution < -0.4 is 5.32 Å². The standard InChI is InChI=1S/C17H20N2O4/c1-5-14(16(20)18-15-9-12(4)23-19-15)22-17(21)13-7-6-10(2)11(3)8-13/h6-9,14H,5H2,1-4H3,(H,18,19,20). The molecule has 0 aliphatic heterocycles. The third-order valence-corrected chi connectivity index (χ3v) is 3.53. The van der Waals surface area contributed by atoms with E-state index in [0.717, 1.165) is 11.1 Å². The van der Waals surface area contributed by atoms with Gasteiger partial charge in [-0.15, -0.1) is 0 Å². The Morgan fingerprint density at radius 1 is 1.22 bits per heavy atom. The van der Waals surface area contributed by atoms with Crippen LogP contribution in [0.4, 0.5) is 5.82 Å². The number of aromatic nitrogens is 1. The highest BCUT2D eigenvalue weighted by molar-refractivity contribution is 5.97. The maximum atomic E-state index is 12.2. The van der Waals surface area contributed by atoms with Crippen molar-refractivity contribution in [1.29, 1.82) is 0 Å². The maximum Gasteiger partial charge on any atom is 0.338 e. The van der Waals surface area contributed by atoms with Crippen LogP contribution in [-0.4, -0.2) is 23.1 Å². The number of aryl methyl sites for hydroxylation is 3. The lowest BCUT2D eigenvalue weighted by molar-refractivity contribution is -0.124. The van der Waals surface area contributed by atoms with Crippen molar-refractivity contribution < 1.29 is 18.8 Å². The number of carbonyl (C=O) groups excluding carboxylic acids is 2. The van der Waals surface area contributed by atoms with Crippen LogP contribution >= 0.6 is 0 Å². The summed E-state index contributed by atoms with van der Waals surface area (Å²) in [7, 11) is 0. The molecule has 2 aromatic rings. The highest BCUT2D eigenvalue weighted by atomic mass is 16.5. The molecule has 1 unspecified atom stereocenters. The van der Waals surface area contributed by atoms with Crippen molar-refractivity contribution in [2.45, 2.75) is 40.2 Å². The van der Waals surface area contributed by atoms with Crippen molar-refractivity contribution in [1.82, 2.24) is 5.16 Å². The molecular weight excluding hydrogens is 296 g/mol. The average molecular weight is 316 g/mol. The zero-order valence-corrected chi connectivity index (χ0v) is 13.7. The minimum Gasteiger partial charge on any atom is -0.449 e. The highest BCUT2D eigenvalue weighted by Gasteiger charge is 2.23. The number of amides is 1. The van der Waals surface area contributed by atoms with Gasteiger partial charge in [-0.25, -0.2) is 4.79 Å². The Morgan fingerprint density at radius 2 is 1.96 bits per heavy atom. The van der Waals surface area contributed by atoms with E-state index in [4.69, 9.17) is 9.26 Å². The van der Waals surface area contributed by atoms with Crippen molar-refractivity contribution in [2.24, 2.45) is 0 Å². The van der Waals surface area contributed by atoms with Crippen molar-refractivity contribution in [3.8, 4) is 0 Å². The number of hydrogen-bond donors (Lipinski definition) is 1. The number of esters is 1. The number of hydrogen-bond acceptors (Lipinski definition) is 5. The average Bonchev–Trinajstić information content (AvgIpc) is 2.92. The fourth-order valence-electron chi connectivity index (χ4n) is 2.02. The van der Waals surface area contributed by atoms with Crippen molar-refractivity contribution >= 4 is 17.7 Å². The van der Waals surface area contributed by atoms with Gasteiger partial charge in [0.25, 0.3) is 5.91 Å². The Labute approximate surface area is 134 Å². The summed E-state index contributed by atoms with van der Waals surface area (Å²) >= 11 is 0. The van der Waals surface area contributed by atoms with Crippen molar-refractivity contribution in [3.05, 3.63) is 46.7 Å². The smallest absolute Gasteiger partial charge is 0.338 e. The van der Waals surface area contributed by atoms with Crippen LogP contribution in [0.5, 0.6) is 0 Å². The summed E-state index contributed by atoms with van der Waals surface area (Å²) in [5.41, 5.74) is 2.51. The molecule has 2 rings (SSSR count). The molecule has 122 valence electrons. The Balaban J connectivity index is 2.04. The SMILES string of the molecule is CCC(OC(=O)c1ccc(C)c(C)c1)C(=O)Nc1cc(C)on1. The second kappa shape index (κ2) is 7.09. The molecule has 1 aromatic carbocycles. The van der Waals surface area contributed by atoms with E-state index in [1.54, 1.807) is 32.0 Å². The fraction of sp³-hybridized carbons (Fsp3) is 0.353. The van der Waals surface area contributed by atoms with Crippen molar-refractivity contribution in [3.63, 3.8) is 0 Å². The molecule has 0 bridgehead atoms. The fourth-order valence-corrected chi connectivity index (χ4v) is 2.02. The van der Waals surface area contributed by atoms with Crippen LogP contribution in [0, 0.1) is 20.8 Å². The van der Waals surface area contributed by atoms with Gasteiger partial charge in [0.2, 0.25) is 0 Å². The minimum absolute atomic E-state index is 0.299. The predicted octanol–water partition coefficient (Wildman–Crippen LogP) is 3.17. The van der Waals surface area contributed by atoms with E-state index in [-0.39, 0.29) is 0 Å². The summed E-state index contributed by atoms with van der Waals surface area (Å²) in [5.74, 6) is -0.0712. The summed E-state index contributed by atoms with van der Waals surface area (Å²) in [6.45, 7) is 7.38. The molecule has 1 amide bonds. The van der Waals surface area contributed by atoms with Gasteiger partial charge in [0, 0.05) is 6.07 Å². The van der Waals surface area contributed by atoms with Crippen LogP contribution in [0.15, 0.2) is 28.8 Å². The quantitative estimate of drug-likeness (QED) is 0.857. The lowest BCUT2D eigenvalue weighted by Gasteiger charge is -2.15. The number of carbonyl (C=O) groups is 2. The Hall–Kier alpha value is -2.63. The third-order valence-electron chi connectivity index (χ3n) is 3.53. The molecule has 23 heavy (non-hydrogen) atoms. The maximum absolute atomic E-state index is 12.2. The summed E-state index contributed by atoms with van der Waals surface area (Å²) in [6.07, 6.45) is -0.527. The van der Waals surface area contributed by atoms with Crippen LogP contribution in [0.25, 0.3) is 0 Å². The number of nitrogens with one attached hydrogen (secondary N) is 1. The molecule has 0 saturated heterocycles. The summed E-state index contributed by atoms with van der Waals surface area (Å²) in [6, 6.07) is 6.89. The van der Waals surface area contributed by atoms with E-state index >= 15 is 0 Å². The van der Waals surface area contributed by atoms with Gasteiger partial charge < -0.3 is 14.6 Å². The molecule has 0 fully saturated rings. The second-order valence-electron chi connectivity index (χ2n) is 5.41. The molecular formula is C17H20N2O4. The lowest BCUT2D eigenvalue weighted by atomic mass is 10.1. The molecule has 6 nitrogen and oxygen atoms in total. The molecule has 1 heterocycles. The number of benzene rings is 1. The normalized spacial score (nSPS) is 11.8. The lowest BCUT2D eigenvalue weighted by Crippen LogP contribution is -2.32. The number of ether oxygens (including phenoxy) is 1. The van der Waals surface area contributed by atoms with E-state index in [1.807, 2.05) is 19.9 Å². The highest BCUT2D eigenvalue weighted by Crippen LogP contribution is 2.14. The predicted molar refractivity (Wildman–Crippen MR) is 85.3 cm³/mol. The first-order valence-electron chi connectivity index (χ1n) is 7.43. The van der Waals surface area contributed by atoms with E-state index < -0.39 is 18.0 Å². The topological polar surface area (TPSA) is 81.4 Å². The number of rotatable bonds is 5. The molecule has 0 saturated carbocycles. The first kappa shape index (κ1) is 16.7. The zero-order valence-electron chi connectivity index (χ0n) is 13.7. The van der Waals surface area contributed by atoms with E-state index in [2.05, 4.69) is 10.5 Å². The minimum atomic E-state index is -0.888. The second-order valence-corrected chi connectivity index (χ2v) is 5.41. The first-order chi connectivity index (χ1) is 10.9. The Morgan fingerprint density at radius 3 is 2.52 bits per heavy atom. The molecule has 0 aliphatic rings. The van der Waals surface area contributed by atoms with Gasteiger partial charge in [0.1, 0.15) is 5.76 Å². The van der Waals surface area contributed by atoms with Gasteiger partial charge in [-0.3, -0.25) is 4.79 Å². The Bertz CT molecular complexity index is 721. The van der Waals surface area contributed by atoms with E-state index in [0.29, 0.717) is 23.6 Å². The van der Waals surface area contributed by atoms with Crippen LogP contribution in [0.3, 0.4) is 0 Å².